The summed E-state index contributed by atoms with van der Waals surface area (Å²) in [7, 11) is 0. The van der Waals surface area contributed by atoms with Crippen molar-refractivity contribution in [1.82, 2.24) is 0 Å². The van der Waals surface area contributed by atoms with E-state index >= 15 is 0 Å². The van der Waals surface area contributed by atoms with E-state index in [0.717, 1.165) is 25.3 Å². The molecule has 0 amide bonds. The first-order valence-electron chi connectivity index (χ1n) is 13.1. The molecule has 1 unspecified atom stereocenters. The Morgan fingerprint density at radius 2 is 1.68 bits per heavy atom. The molecule has 2 aromatic carbocycles. The number of carboxylic acid groups (broad SMARTS) is 1. The summed E-state index contributed by atoms with van der Waals surface area (Å²) in [5.41, 5.74) is 5.12. The first-order chi connectivity index (χ1) is 16.5. The Bertz CT molecular complexity index is 902. The Balaban J connectivity index is 1.71. The lowest BCUT2D eigenvalue weighted by Crippen LogP contribution is -2.29. The van der Waals surface area contributed by atoms with Crippen LogP contribution in [0.1, 0.15) is 83.3 Å². The number of benzene rings is 2. The minimum absolute atomic E-state index is 0.134. The molecule has 2 aromatic rings. The standard InChI is InChI=1S/C29H42N2O3/c1-4-6-8-19-31(20-9-7-5-2)27-13-10-12-26-25(27)22-29(3,30-26)23-15-17-24(18-16-23)34-21-11-14-28(32)33/h10,12-13,15-18,30H,4-9,11,14,19-22H2,1-3H3,(H,32,33). The van der Waals surface area contributed by atoms with Crippen LogP contribution in [0.5, 0.6) is 5.75 Å². The zero-order chi connectivity index (χ0) is 24.4. The summed E-state index contributed by atoms with van der Waals surface area (Å²) in [6, 6.07) is 15.0. The molecular weight excluding hydrogens is 424 g/mol. The summed E-state index contributed by atoms with van der Waals surface area (Å²) in [5.74, 6) is -0.000582. The van der Waals surface area contributed by atoms with Gasteiger partial charge in [0.05, 0.1) is 12.1 Å². The molecule has 0 bridgehead atoms. The van der Waals surface area contributed by atoms with Crippen LogP contribution in [-0.2, 0) is 16.8 Å². The predicted molar refractivity (Wildman–Crippen MR) is 141 cm³/mol. The van der Waals surface area contributed by atoms with E-state index in [2.05, 4.69) is 61.3 Å². The van der Waals surface area contributed by atoms with Gasteiger partial charge >= 0.3 is 5.97 Å². The molecule has 0 aliphatic carbocycles. The molecule has 1 aliphatic heterocycles. The van der Waals surface area contributed by atoms with Gasteiger partial charge in [-0.3, -0.25) is 4.79 Å². The molecule has 0 spiro atoms. The molecule has 186 valence electrons. The maximum atomic E-state index is 10.7. The minimum Gasteiger partial charge on any atom is -0.494 e. The average molecular weight is 467 g/mol. The van der Waals surface area contributed by atoms with Crippen molar-refractivity contribution in [2.75, 3.05) is 29.9 Å². The smallest absolute Gasteiger partial charge is 0.303 e. The zero-order valence-electron chi connectivity index (χ0n) is 21.2. The Labute approximate surface area is 205 Å². The number of ether oxygens (including phenoxy) is 1. The molecule has 2 N–H and O–H groups in total. The van der Waals surface area contributed by atoms with Gasteiger partial charge in [-0.1, -0.05) is 57.7 Å². The number of aliphatic carboxylic acids is 1. The Hall–Kier alpha value is -2.69. The number of hydrogen-bond donors (Lipinski definition) is 2. The van der Waals surface area contributed by atoms with E-state index in [1.165, 1.54) is 61.0 Å². The maximum Gasteiger partial charge on any atom is 0.303 e. The highest BCUT2D eigenvalue weighted by molar-refractivity contribution is 5.72. The third-order valence-electron chi connectivity index (χ3n) is 6.79. The van der Waals surface area contributed by atoms with Crippen molar-refractivity contribution < 1.29 is 14.6 Å². The highest BCUT2D eigenvalue weighted by Crippen LogP contribution is 2.43. The van der Waals surface area contributed by atoms with Gasteiger partial charge in [-0.05, 0) is 56.0 Å². The topological polar surface area (TPSA) is 61.8 Å². The largest absolute Gasteiger partial charge is 0.494 e. The first kappa shape index (κ1) is 25.9. The number of carbonyl (C=O) groups is 1. The van der Waals surface area contributed by atoms with Gasteiger partial charge in [0.15, 0.2) is 0 Å². The number of nitrogens with zero attached hydrogens (tertiary/aromatic N) is 1. The minimum atomic E-state index is -0.785. The molecule has 0 saturated carbocycles. The third-order valence-corrected chi connectivity index (χ3v) is 6.79. The van der Waals surface area contributed by atoms with Crippen LogP contribution in [0.4, 0.5) is 11.4 Å². The second kappa shape index (κ2) is 12.7. The molecule has 1 aliphatic rings. The fourth-order valence-corrected chi connectivity index (χ4v) is 4.83. The van der Waals surface area contributed by atoms with Crippen molar-refractivity contribution in [1.29, 1.82) is 0 Å². The lowest BCUT2D eigenvalue weighted by molar-refractivity contribution is -0.137. The van der Waals surface area contributed by atoms with Gasteiger partial charge in [0, 0.05) is 42.9 Å². The summed E-state index contributed by atoms with van der Waals surface area (Å²) in [5, 5.41) is 12.6. The highest BCUT2D eigenvalue weighted by Gasteiger charge is 2.36. The Morgan fingerprint density at radius 1 is 1.00 bits per heavy atom. The third kappa shape index (κ3) is 6.91. The summed E-state index contributed by atoms with van der Waals surface area (Å²) in [6.07, 6.45) is 9.13. The number of hydrogen-bond acceptors (Lipinski definition) is 4. The summed E-state index contributed by atoms with van der Waals surface area (Å²) in [6.45, 7) is 9.48. The van der Waals surface area contributed by atoms with Crippen molar-refractivity contribution in [3.8, 4) is 5.75 Å². The lowest BCUT2D eigenvalue weighted by atomic mass is 9.88. The molecule has 0 saturated heterocycles. The van der Waals surface area contributed by atoms with E-state index in [-0.39, 0.29) is 12.0 Å². The number of fused-ring (bicyclic) bond motifs is 1. The van der Waals surface area contributed by atoms with Crippen LogP contribution in [0.3, 0.4) is 0 Å². The molecule has 1 atom stereocenters. The van der Waals surface area contributed by atoms with Crippen LogP contribution < -0.4 is 15.0 Å². The normalized spacial score (nSPS) is 16.7. The maximum absolute atomic E-state index is 10.7. The summed E-state index contributed by atoms with van der Waals surface area (Å²) >= 11 is 0. The number of carboxylic acids is 1. The van der Waals surface area contributed by atoms with Crippen molar-refractivity contribution in [3.63, 3.8) is 0 Å². The van der Waals surface area contributed by atoms with E-state index in [1.807, 2.05) is 12.1 Å². The van der Waals surface area contributed by atoms with Gasteiger partial charge in [-0.15, -0.1) is 0 Å². The van der Waals surface area contributed by atoms with E-state index in [4.69, 9.17) is 9.84 Å². The van der Waals surface area contributed by atoms with Crippen molar-refractivity contribution in [2.45, 2.75) is 84.1 Å². The second-order valence-electron chi connectivity index (χ2n) is 9.71. The quantitative estimate of drug-likeness (QED) is 0.277. The van der Waals surface area contributed by atoms with Gasteiger partial charge in [-0.2, -0.15) is 0 Å². The molecule has 34 heavy (non-hydrogen) atoms. The number of unbranched alkanes of at least 4 members (excludes halogenated alkanes) is 4. The SMILES string of the molecule is CCCCCN(CCCCC)c1cccc2c1CC(C)(c1ccc(OCCCC(=O)O)cc1)N2. The van der Waals surface area contributed by atoms with Crippen LogP contribution in [0.25, 0.3) is 0 Å². The summed E-state index contributed by atoms with van der Waals surface area (Å²) in [4.78, 5) is 13.3. The van der Waals surface area contributed by atoms with Crippen molar-refractivity contribution >= 4 is 17.3 Å². The molecule has 0 aromatic heterocycles. The second-order valence-corrected chi connectivity index (χ2v) is 9.71. The zero-order valence-corrected chi connectivity index (χ0v) is 21.2. The van der Waals surface area contributed by atoms with Crippen LogP contribution in [0, 0.1) is 0 Å². The van der Waals surface area contributed by atoms with Gasteiger partial charge in [-0.25, -0.2) is 0 Å². The number of rotatable bonds is 15. The van der Waals surface area contributed by atoms with E-state index < -0.39 is 5.97 Å². The first-order valence-corrected chi connectivity index (χ1v) is 13.1. The Kier molecular flexibility index (Phi) is 9.67. The monoisotopic (exact) mass is 466 g/mol. The summed E-state index contributed by atoms with van der Waals surface area (Å²) < 4.78 is 5.72. The van der Waals surface area contributed by atoms with E-state index in [0.29, 0.717) is 13.0 Å². The van der Waals surface area contributed by atoms with Crippen LogP contribution >= 0.6 is 0 Å². The lowest BCUT2D eigenvalue weighted by Gasteiger charge is -2.28. The molecule has 3 rings (SSSR count). The molecule has 0 radical (unpaired) electrons. The van der Waals surface area contributed by atoms with Gasteiger partial charge in [0.2, 0.25) is 0 Å². The highest BCUT2D eigenvalue weighted by atomic mass is 16.5. The van der Waals surface area contributed by atoms with Crippen LogP contribution in [0.15, 0.2) is 42.5 Å². The van der Waals surface area contributed by atoms with Crippen molar-refractivity contribution in [3.05, 3.63) is 53.6 Å². The number of anilines is 2. The van der Waals surface area contributed by atoms with Crippen LogP contribution in [0.2, 0.25) is 0 Å². The molecule has 0 fully saturated rings. The molecular formula is C29H42N2O3. The predicted octanol–water partition coefficient (Wildman–Crippen LogP) is 7.00. The van der Waals surface area contributed by atoms with Gasteiger partial charge in [0.1, 0.15) is 5.75 Å². The van der Waals surface area contributed by atoms with Gasteiger partial charge in [0.25, 0.3) is 0 Å². The molecule has 1 heterocycles. The molecule has 5 heteroatoms. The Morgan fingerprint density at radius 3 is 2.29 bits per heavy atom. The van der Waals surface area contributed by atoms with E-state index in [1.54, 1.807) is 0 Å². The fourth-order valence-electron chi connectivity index (χ4n) is 4.83. The number of nitrogens with one attached hydrogen (secondary N) is 1. The van der Waals surface area contributed by atoms with E-state index in [9.17, 15) is 4.79 Å². The molecule has 5 nitrogen and oxygen atoms in total. The average Bonchev–Trinajstić information content (AvgIpc) is 3.19. The van der Waals surface area contributed by atoms with Crippen LogP contribution in [-0.4, -0.2) is 30.8 Å². The van der Waals surface area contributed by atoms with Gasteiger partial charge < -0.3 is 20.1 Å². The van der Waals surface area contributed by atoms with Crippen molar-refractivity contribution in [2.24, 2.45) is 0 Å². The fraction of sp³-hybridized carbons (Fsp3) is 0.552.